The fraction of sp³-hybridized carbons (Fsp3) is 0.429. The van der Waals surface area contributed by atoms with Crippen LogP contribution in [0.15, 0.2) is 24.3 Å². The normalized spacial score (nSPS) is 22.2. The highest BCUT2D eigenvalue weighted by molar-refractivity contribution is 5.91. The summed E-state index contributed by atoms with van der Waals surface area (Å²) in [7, 11) is 0. The minimum absolute atomic E-state index is 0.196. The molecule has 2 atom stereocenters. The average molecular weight is 263 g/mol. The zero-order valence-corrected chi connectivity index (χ0v) is 10.8. The summed E-state index contributed by atoms with van der Waals surface area (Å²) in [6.45, 7) is 3.04. The number of rotatable bonds is 4. The van der Waals surface area contributed by atoms with Crippen molar-refractivity contribution in [2.75, 3.05) is 19.7 Å². The maximum absolute atomic E-state index is 11.9. The van der Waals surface area contributed by atoms with Crippen molar-refractivity contribution in [1.29, 1.82) is 0 Å². The van der Waals surface area contributed by atoms with E-state index in [1.807, 2.05) is 6.07 Å². The monoisotopic (exact) mass is 263 g/mol. The molecule has 1 heterocycles. The first-order valence-electron chi connectivity index (χ1n) is 6.34. The van der Waals surface area contributed by atoms with E-state index >= 15 is 0 Å². The number of ether oxygens (including phenoxy) is 1. The molecule has 0 bridgehead atoms. The van der Waals surface area contributed by atoms with Gasteiger partial charge in [-0.2, -0.15) is 0 Å². The molecule has 1 fully saturated rings. The van der Waals surface area contributed by atoms with E-state index in [4.69, 9.17) is 4.74 Å². The van der Waals surface area contributed by atoms with E-state index in [1.54, 1.807) is 25.1 Å². The first-order valence-corrected chi connectivity index (χ1v) is 6.34. The van der Waals surface area contributed by atoms with Crippen LogP contribution in [0, 0.1) is 5.92 Å². The van der Waals surface area contributed by atoms with Crippen LogP contribution in [-0.2, 0) is 9.53 Å². The second kappa shape index (κ2) is 5.84. The smallest absolute Gasteiger partial charge is 0.338 e. The fourth-order valence-corrected chi connectivity index (χ4v) is 2.48. The number of hydrogen-bond acceptors (Lipinski definition) is 4. The van der Waals surface area contributed by atoms with E-state index in [1.165, 1.54) is 0 Å². The summed E-state index contributed by atoms with van der Waals surface area (Å²) in [5.74, 6) is -1.93. The van der Waals surface area contributed by atoms with Crippen molar-refractivity contribution in [3.05, 3.63) is 35.4 Å². The van der Waals surface area contributed by atoms with E-state index in [2.05, 4.69) is 5.32 Å². The molecule has 0 aromatic heterocycles. The Hall–Kier alpha value is -1.88. The van der Waals surface area contributed by atoms with Gasteiger partial charge in [-0.05, 0) is 18.6 Å². The predicted molar refractivity (Wildman–Crippen MR) is 69.1 cm³/mol. The molecular formula is C14H17NO4. The Labute approximate surface area is 111 Å². The third kappa shape index (κ3) is 2.76. The summed E-state index contributed by atoms with van der Waals surface area (Å²) < 4.78 is 5.02. The van der Waals surface area contributed by atoms with Crippen molar-refractivity contribution < 1.29 is 19.4 Å². The maximum Gasteiger partial charge on any atom is 0.338 e. The van der Waals surface area contributed by atoms with Gasteiger partial charge in [0, 0.05) is 19.0 Å². The quantitative estimate of drug-likeness (QED) is 0.800. The lowest BCUT2D eigenvalue weighted by Crippen LogP contribution is -2.22. The van der Waals surface area contributed by atoms with Crippen molar-refractivity contribution in [2.24, 2.45) is 5.92 Å². The van der Waals surface area contributed by atoms with Crippen LogP contribution >= 0.6 is 0 Å². The van der Waals surface area contributed by atoms with Crippen molar-refractivity contribution >= 4 is 11.9 Å². The Morgan fingerprint density at radius 2 is 2.11 bits per heavy atom. The van der Waals surface area contributed by atoms with Gasteiger partial charge in [-0.3, -0.25) is 4.79 Å². The van der Waals surface area contributed by atoms with Gasteiger partial charge in [0.15, 0.2) is 0 Å². The number of benzene rings is 1. The van der Waals surface area contributed by atoms with E-state index in [9.17, 15) is 14.7 Å². The molecule has 102 valence electrons. The second-order valence-electron chi connectivity index (χ2n) is 4.52. The van der Waals surface area contributed by atoms with E-state index in [0.717, 1.165) is 5.56 Å². The van der Waals surface area contributed by atoms with Crippen molar-refractivity contribution in [2.45, 2.75) is 12.8 Å². The number of hydrogen-bond donors (Lipinski definition) is 2. The molecule has 1 aliphatic heterocycles. The molecule has 19 heavy (non-hydrogen) atoms. The molecule has 1 aromatic carbocycles. The zero-order chi connectivity index (χ0) is 13.8. The highest BCUT2D eigenvalue weighted by atomic mass is 16.5. The van der Waals surface area contributed by atoms with Crippen LogP contribution in [0.3, 0.4) is 0 Å². The number of aliphatic carboxylic acids is 1. The van der Waals surface area contributed by atoms with Crippen molar-refractivity contribution in [3.8, 4) is 0 Å². The van der Waals surface area contributed by atoms with Crippen molar-refractivity contribution in [1.82, 2.24) is 5.32 Å². The summed E-state index contributed by atoms with van der Waals surface area (Å²) in [5, 5.41) is 12.3. The molecule has 1 aromatic rings. The third-order valence-corrected chi connectivity index (χ3v) is 3.39. The zero-order valence-electron chi connectivity index (χ0n) is 10.8. The lowest BCUT2D eigenvalue weighted by molar-refractivity contribution is -0.141. The highest BCUT2D eigenvalue weighted by Crippen LogP contribution is 2.31. The molecule has 0 radical (unpaired) electrons. The summed E-state index contributed by atoms with van der Waals surface area (Å²) in [4.78, 5) is 23.1. The molecule has 5 nitrogen and oxygen atoms in total. The lowest BCUT2D eigenvalue weighted by Gasteiger charge is -2.18. The minimum atomic E-state index is -0.839. The number of carboxylic acids is 1. The Morgan fingerprint density at radius 1 is 1.37 bits per heavy atom. The Morgan fingerprint density at radius 3 is 2.79 bits per heavy atom. The van der Waals surface area contributed by atoms with E-state index < -0.39 is 17.9 Å². The molecule has 1 saturated heterocycles. The van der Waals surface area contributed by atoms with Crippen LogP contribution in [0.1, 0.15) is 28.8 Å². The van der Waals surface area contributed by atoms with Crippen LogP contribution in [0.5, 0.6) is 0 Å². The molecule has 0 saturated carbocycles. The third-order valence-electron chi connectivity index (χ3n) is 3.39. The maximum atomic E-state index is 11.9. The number of esters is 1. The Kier molecular flexibility index (Phi) is 4.16. The molecule has 1 aliphatic rings. The van der Waals surface area contributed by atoms with Crippen LogP contribution < -0.4 is 5.32 Å². The number of nitrogens with one attached hydrogen (secondary N) is 1. The van der Waals surface area contributed by atoms with Crippen molar-refractivity contribution in [3.63, 3.8) is 0 Å². The first-order chi connectivity index (χ1) is 9.15. The van der Waals surface area contributed by atoms with Gasteiger partial charge in [0.2, 0.25) is 0 Å². The van der Waals surface area contributed by atoms with Crippen LogP contribution in [0.4, 0.5) is 0 Å². The van der Waals surface area contributed by atoms with Gasteiger partial charge in [0.1, 0.15) is 0 Å². The van der Waals surface area contributed by atoms with E-state index in [0.29, 0.717) is 25.3 Å². The molecule has 0 amide bonds. The standard InChI is InChI=1S/C14H17NO4/c1-2-19-14(18)10-6-4-3-5-9(10)11-7-15-8-12(11)13(16)17/h3-6,11-12,15H,2,7-8H2,1H3,(H,16,17). The van der Waals surface area contributed by atoms with Crippen LogP contribution in [-0.4, -0.2) is 36.7 Å². The summed E-state index contributed by atoms with van der Waals surface area (Å²) in [6.07, 6.45) is 0. The Balaban J connectivity index is 2.34. The lowest BCUT2D eigenvalue weighted by atomic mass is 9.86. The number of carbonyl (C=O) groups is 2. The Bertz CT molecular complexity index is 486. The van der Waals surface area contributed by atoms with Gasteiger partial charge < -0.3 is 15.2 Å². The van der Waals surface area contributed by atoms with Gasteiger partial charge in [0.05, 0.1) is 18.1 Å². The van der Waals surface area contributed by atoms with Gasteiger partial charge in [0.25, 0.3) is 0 Å². The van der Waals surface area contributed by atoms with E-state index in [-0.39, 0.29) is 5.92 Å². The van der Waals surface area contributed by atoms with Gasteiger partial charge in [-0.1, -0.05) is 18.2 Å². The highest BCUT2D eigenvalue weighted by Gasteiger charge is 2.35. The van der Waals surface area contributed by atoms with Crippen LogP contribution in [0.25, 0.3) is 0 Å². The molecule has 2 rings (SSSR count). The van der Waals surface area contributed by atoms with Gasteiger partial charge in [-0.25, -0.2) is 4.79 Å². The number of carbonyl (C=O) groups excluding carboxylic acids is 1. The van der Waals surface area contributed by atoms with Gasteiger partial charge in [-0.15, -0.1) is 0 Å². The summed E-state index contributed by atoms with van der Waals surface area (Å²) in [5.41, 5.74) is 1.21. The molecular weight excluding hydrogens is 246 g/mol. The molecule has 0 spiro atoms. The molecule has 2 unspecified atom stereocenters. The van der Waals surface area contributed by atoms with Gasteiger partial charge >= 0.3 is 11.9 Å². The van der Waals surface area contributed by atoms with Crippen LogP contribution in [0.2, 0.25) is 0 Å². The molecule has 2 N–H and O–H groups in total. The SMILES string of the molecule is CCOC(=O)c1ccccc1C1CNCC1C(=O)O. The predicted octanol–water partition coefficient (Wildman–Crippen LogP) is 1.25. The number of carboxylic acid groups (broad SMARTS) is 1. The topological polar surface area (TPSA) is 75.6 Å². The summed E-state index contributed by atoms with van der Waals surface area (Å²) >= 11 is 0. The minimum Gasteiger partial charge on any atom is -0.481 e. The first kappa shape index (κ1) is 13.5. The average Bonchev–Trinajstić information content (AvgIpc) is 2.88. The fourth-order valence-electron chi connectivity index (χ4n) is 2.48. The second-order valence-corrected chi connectivity index (χ2v) is 4.52. The molecule has 5 heteroatoms. The molecule has 0 aliphatic carbocycles. The summed E-state index contributed by atoms with van der Waals surface area (Å²) in [6, 6.07) is 7.06. The largest absolute Gasteiger partial charge is 0.481 e.